The first-order valence-electron chi connectivity index (χ1n) is 7.24. The van der Waals surface area contributed by atoms with Crippen LogP contribution in [0.2, 0.25) is 0 Å². The van der Waals surface area contributed by atoms with Crippen molar-refractivity contribution in [1.82, 2.24) is 10.2 Å². The van der Waals surface area contributed by atoms with E-state index in [0.717, 1.165) is 30.1 Å². The summed E-state index contributed by atoms with van der Waals surface area (Å²) in [6.07, 6.45) is 10.2. The molecule has 0 aromatic carbocycles. The number of rotatable bonds is 3. The van der Waals surface area contributed by atoms with Gasteiger partial charge in [0.25, 0.3) is 0 Å². The predicted octanol–water partition coefficient (Wildman–Crippen LogP) is 2.39. The summed E-state index contributed by atoms with van der Waals surface area (Å²) in [6.45, 7) is 2.49. The summed E-state index contributed by atoms with van der Waals surface area (Å²) in [7, 11) is 2.13. The van der Waals surface area contributed by atoms with Crippen LogP contribution in [0.1, 0.15) is 51.9 Å². The number of hydrogen-bond acceptors (Lipinski definition) is 2. The molecule has 0 aromatic heterocycles. The van der Waals surface area contributed by atoms with Crippen molar-refractivity contribution in [3.63, 3.8) is 0 Å². The Bertz CT molecular complexity index is 235. The van der Waals surface area contributed by atoms with E-state index in [1.807, 2.05) is 0 Å². The molecule has 1 aliphatic carbocycles. The van der Waals surface area contributed by atoms with Gasteiger partial charge in [-0.15, -0.1) is 0 Å². The van der Waals surface area contributed by atoms with Crippen molar-refractivity contribution in [3.8, 4) is 0 Å². The van der Waals surface area contributed by atoms with E-state index in [0.29, 0.717) is 0 Å². The normalized spacial score (nSPS) is 42.0. The van der Waals surface area contributed by atoms with E-state index in [1.54, 1.807) is 0 Å². The molecule has 3 rings (SSSR count). The number of piperidine rings is 1. The maximum atomic E-state index is 3.49. The van der Waals surface area contributed by atoms with Gasteiger partial charge >= 0.3 is 0 Å². The number of hydrogen-bond donors (Lipinski definition) is 1. The smallest absolute Gasteiger partial charge is 0.0116 e. The third-order valence-electron chi connectivity index (χ3n) is 5.50. The highest BCUT2D eigenvalue weighted by molar-refractivity contribution is 5.00. The Labute approximate surface area is 99.8 Å². The van der Waals surface area contributed by atoms with E-state index < -0.39 is 0 Å². The van der Waals surface area contributed by atoms with Gasteiger partial charge in [0.05, 0.1) is 0 Å². The van der Waals surface area contributed by atoms with E-state index in [4.69, 9.17) is 0 Å². The van der Waals surface area contributed by atoms with Gasteiger partial charge in [-0.05, 0) is 58.4 Å². The van der Waals surface area contributed by atoms with Gasteiger partial charge in [0, 0.05) is 24.2 Å². The van der Waals surface area contributed by atoms with Crippen LogP contribution in [0.25, 0.3) is 0 Å². The summed E-state index contributed by atoms with van der Waals surface area (Å²) in [6, 6.07) is 3.45. The first-order valence-corrected chi connectivity index (χ1v) is 7.24. The fourth-order valence-corrected chi connectivity index (χ4v) is 4.28. The average Bonchev–Trinajstić information content (AvgIpc) is 2.47. The molecule has 2 heteroatoms. The van der Waals surface area contributed by atoms with Gasteiger partial charge in [-0.2, -0.15) is 0 Å². The molecule has 16 heavy (non-hydrogen) atoms. The molecule has 1 saturated carbocycles. The molecular formula is C14H26N2. The minimum absolute atomic E-state index is 0.794. The van der Waals surface area contributed by atoms with Gasteiger partial charge in [0.15, 0.2) is 0 Å². The Morgan fingerprint density at radius 2 is 1.69 bits per heavy atom. The van der Waals surface area contributed by atoms with Crippen molar-refractivity contribution in [2.24, 2.45) is 5.92 Å². The lowest BCUT2D eigenvalue weighted by Crippen LogP contribution is -2.54. The fraction of sp³-hybridized carbons (Fsp3) is 1.00. The zero-order chi connectivity index (χ0) is 11.1. The topological polar surface area (TPSA) is 15.3 Å². The van der Waals surface area contributed by atoms with Crippen molar-refractivity contribution in [2.45, 2.75) is 76.0 Å². The lowest BCUT2D eigenvalue weighted by Gasteiger charge is -2.47. The molecule has 0 amide bonds. The maximum Gasteiger partial charge on any atom is 0.0116 e. The zero-order valence-corrected chi connectivity index (χ0v) is 10.8. The fourth-order valence-electron chi connectivity index (χ4n) is 4.28. The Balaban J connectivity index is 1.68. The molecule has 3 aliphatic rings. The summed E-state index contributed by atoms with van der Waals surface area (Å²) in [5, 5.41) is 3.49. The monoisotopic (exact) mass is 222 g/mol. The second-order valence-electron chi connectivity index (χ2n) is 6.22. The van der Waals surface area contributed by atoms with Gasteiger partial charge in [-0.3, -0.25) is 4.90 Å². The SMILES string of the molecule is CNC1CC2CCC(C1)N2C(C)C1CCC1. The Kier molecular flexibility index (Phi) is 2.97. The Morgan fingerprint density at radius 3 is 2.12 bits per heavy atom. The van der Waals surface area contributed by atoms with Crippen LogP contribution < -0.4 is 5.32 Å². The quantitative estimate of drug-likeness (QED) is 0.789. The lowest BCUT2D eigenvalue weighted by atomic mass is 9.78. The molecule has 1 N–H and O–H groups in total. The van der Waals surface area contributed by atoms with Gasteiger partial charge in [0.2, 0.25) is 0 Å². The average molecular weight is 222 g/mol. The molecule has 0 spiro atoms. The van der Waals surface area contributed by atoms with Crippen molar-refractivity contribution in [2.75, 3.05) is 7.05 Å². The third kappa shape index (κ3) is 1.70. The van der Waals surface area contributed by atoms with E-state index in [1.165, 1.54) is 44.9 Å². The molecule has 2 bridgehead atoms. The maximum absolute atomic E-state index is 3.49. The van der Waals surface area contributed by atoms with Crippen LogP contribution in [0.15, 0.2) is 0 Å². The molecule has 0 radical (unpaired) electrons. The number of nitrogens with one attached hydrogen (secondary N) is 1. The molecule has 0 aromatic rings. The molecule has 92 valence electrons. The second kappa shape index (κ2) is 4.30. The van der Waals surface area contributed by atoms with E-state index in [2.05, 4.69) is 24.2 Å². The molecule has 2 heterocycles. The standard InChI is InChI=1S/C14H26N2/c1-10(11-4-3-5-11)16-13-6-7-14(16)9-12(8-13)15-2/h10-15H,3-9H2,1-2H3. The molecule has 2 nitrogen and oxygen atoms in total. The van der Waals surface area contributed by atoms with Gasteiger partial charge in [-0.25, -0.2) is 0 Å². The van der Waals surface area contributed by atoms with Crippen LogP contribution in [0.5, 0.6) is 0 Å². The number of nitrogens with zero attached hydrogens (tertiary/aromatic N) is 1. The highest BCUT2D eigenvalue weighted by Gasteiger charge is 2.44. The van der Waals surface area contributed by atoms with Crippen LogP contribution >= 0.6 is 0 Å². The van der Waals surface area contributed by atoms with Gasteiger partial charge in [-0.1, -0.05) is 6.42 Å². The first-order chi connectivity index (χ1) is 7.79. The summed E-state index contributed by atoms with van der Waals surface area (Å²) in [5.41, 5.74) is 0. The molecular weight excluding hydrogens is 196 g/mol. The lowest BCUT2D eigenvalue weighted by molar-refractivity contribution is 0.0288. The molecule has 3 atom stereocenters. The van der Waals surface area contributed by atoms with E-state index >= 15 is 0 Å². The summed E-state index contributed by atoms with van der Waals surface area (Å²) >= 11 is 0. The Morgan fingerprint density at radius 1 is 1.06 bits per heavy atom. The van der Waals surface area contributed by atoms with Crippen molar-refractivity contribution in [1.29, 1.82) is 0 Å². The Hall–Kier alpha value is -0.0800. The number of fused-ring (bicyclic) bond motifs is 2. The third-order valence-corrected chi connectivity index (χ3v) is 5.50. The highest BCUT2D eigenvalue weighted by Crippen LogP contribution is 2.42. The van der Waals surface area contributed by atoms with Gasteiger partial charge < -0.3 is 5.32 Å². The van der Waals surface area contributed by atoms with Crippen LogP contribution in [0.3, 0.4) is 0 Å². The predicted molar refractivity (Wildman–Crippen MR) is 67.5 cm³/mol. The van der Waals surface area contributed by atoms with Crippen LogP contribution in [-0.4, -0.2) is 36.1 Å². The van der Waals surface area contributed by atoms with Crippen molar-refractivity contribution in [3.05, 3.63) is 0 Å². The summed E-state index contributed by atoms with van der Waals surface area (Å²) in [5.74, 6) is 1.02. The van der Waals surface area contributed by atoms with Crippen molar-refractivity contribution >= 4 is 0 Å². The summed E-state index contributed by atoms with van der Waals surface area (Å²) < 4.78 is 0. The van der Waals surface area contributed by atoms with E-state index in [-0.39, 0.29) is 0 Å². The first kappa shape index (κ1) is 11.0. The van der Waals surface area contributed by atoms with Crippen LogP contribution in [0, 0.1) is 5.92 Å². The zero-order valence-electron chi connectivity index (χ0n) is 10.8. The van der Waals surface area contributed by atoms with Crippen molar-refractivity contribution < 1.29 is 0 Å². The largest absolute Gasteiger partial charge is 0.317 e. The minimum atomic E-state index is 0.794. The van der Waals surface area contributed by atoms with Gasteiger partial charge in [0.1, 0.15) is 0 Å². The molecule has 3 fully saturated rings. The highest BCUT2D eigenvalue weighted by atomic mass is 15.3. The molecule has 2 saturated heterocycles. The van der Waals surface area contributed by atoms with E-state index in [9.17, 15) is 0 Å². The van der Waals surface area contributed by atoms with Crippen LogP contribution in [-0.2, 0) is 0 Å². The second-order valence-corrected chi connectivity index (χ2v) is 6.22. The minimum Gasteiger partial charge on any atom is -0.317 e. The van der Waals surface area contributed by atoms with Crippen LogP contribution in [0.4, 0.5) is 0 Å². The summed E-state index contributed by atoms with van der Waals surface area (Å²) in [4.78, 5) is 2.90. The molecule has 2 aliphatic heterocycles. The molecule has 3 unspecified atom stereocenters.